The molecule has 0 unspecified atom stereocenters. The Morgan fingerprint density at radius 1 is 1.44 bits per heavy atom. The van der Waals surface area contributed by atoms with E-state index in [2.05, 4.69) is 26.3 Å². The second-order valence-electron chi connectivity index (χ2n) is 4.01. The molecule has 1 amide bonds. The summed E-state index contributed by atoms with van der Waals surface area (Å²) in [5.41, 5.74) is 1.77. The molecule has 2 rings (SSSR count). The van der Waals surface area contributed by atoms with Gasteiger partial charge in [-0.15, -0.1) is 0 Å². The van der Waals surface area contributed by atoms with Crippen LogP contribution < -0.4 is 5.32 Å². The van der Waals surface area contributed by atoms with E-state index in [-0.39, 0.29) is 5.91 Å². The molecule has 0 fully saturated rings. The van der Waals surface area contributed by atoms with Gasteiger partial charge in [0.1, 0.15) is 0 Å². The smallest absolute Gasteiger partial charge is 0.252 e. The van der Waals surface area contributed by atoms with Crippen LogP contribution in [0, 0.1) is 0 Å². The quantitative estimate of drug-likeness (QED) is 0.941. The van der Waals surface area contributed by atoms with Crippen molar-refractivity contribution in [2.24, 2.45) is 7.05 Å². The molecular weight excluding hydrogens is 294 g/mol. The zero-order chi connectivity index (χ0) is 13.0. The first kappa shape index (κ1) is 12.8. The van der Waals surface area contributed by atoms with Crippen molar-refractivity contribution in [2.45, 2.75) is 6.42 Å². The van der Waals surface area contributed by atoms with Crippen molar-refractivity contribution in [1.82, 2.24) is 15.1 Å². The third kappa shape index (κ3) is 3.20. The van der Waals surface area contributed by atoms with Gasteiger partial charge in [0.05, 0.1) is 11.8 Å². The summed E-state index contributed by atoms with van der Waals surface area (Å²) in [6, 6.07) is 7.39. The van der Waals surface area contributed by atoms with Gasteiger partial charge in [-0.1, -0.05) is 12.1 Å². The number of rotatable bonds is 4. The molecule has 1 N–H and O–H groups in total. The van der Waals surface area contributed by atoms with E-state index in [1.807, 2.05) is 37.6 Å². The molecule has 0 atom stereocenters. The van der Waals surface area contributed by atoms with Crippen molar-refractivity contribution in [2.75, 3.05) is 6.54 Å². The summed E-state index contributed by atoms with van der Waals surface area (Å²) in [6.07, 6.45) is 4.54. The zero-order valence-corrected chi connectivity index (χ0v) is 11.6. The first-order chi connectivity index (χ1) is 8.66. The molecule has 0 aliphatic carbocycles. The van der Waals surface area contributed by atoms with E-state index in [0.29, 0.717) is 12.1 Å². The lowest BCUT2D eigenvalue weighted by atomic mass is 10.2. The van der Waals surface area contributed by atoms with E-state index in [4.69, 9.17) is 0 Å². The summed E-state index contributed by atoms with van der Waals surface area (Å²) in [6.45, 7) is 0.603. The highest BCUT2D eigenvalue weighted by Crippen LogP contribution is 2.15. The Morgan fingerprint density at radius 2 is 2.22 bits per heavy atom. The lowest BCUT2D eigenvalue weighted by Crippen LogP contribution is -2.25. The number of carbonyl (C=O) groups excluding carboxylic acids is 1. The van der Waals surface area contributed by atoms with Crippen LogP contribution >= 0.6 is 15.9 Å². The van der Waals surface area contributed by atoms with Crippen LogP contribution in [0.2, 0.25) is 0 Å². The third-order valence-corrected chi connectivity index (χ3v) is 3.27. The van der Waals surface area contributed by atoms with Crippen LogP contribution in [0.3, 0.4) is 0 Å². The fraction of sp³-hybridized carbons (Fsp3) is 0.231. The molecule has 0 spiro atoms. The van der Waals surface area contributed by atoms with Crippen LogP contribution in [0.25, 0.3) is 0 Å². The zero-order valence-electron chi connectivity index (χ0n) is 10.1. The number of aryl methyl sites for hydroxylation is 1. The van der Waals surface area contributed by atoms with E-state index < -0.39 is 0 Å². The van der Waals surface area contributed by atoms with E-state index in [1.165, 1.54) is 0 Å². The number of hydrogen-bond acceptors (Lipinski definition) is 2. The molecular formula is C13H14BrN3O. The predicted molar refractivity (Wildman–Crippen MR) is 73.4 cm³/mol. The molecule has 94 valence electrons. The molecule has 18 heavy (non-hydrogen) atoms. The summed E-state index contributed by atoms with van der Waals surface area (Å²) in [7, 11) is 1.88. The average Bonchev–Trinajstić information content (AvgIpc) is 2.75. The summed E-state index contributed by atoms with van der Waals surface area (Å²) in [5, 5.41) is 6.97. The maximum atomic E-state index is 11.9. The number of hydrogen-bond donors (Lipinski definition) is 1. The third-order valence-electron chi connectivity index (χ3n) is 2.58. The van der Waals surface area contributed by atoms with Crippen LogP contribution in [0.1, 0.15) is 15.9 Å². The van der Waals surface area contributed by atoms with E-state index in [1.54, 1.807) is 10.7 Å². The Balaban J connectivity index is 1.87. The minimum absolute atomic E-state index is 0.0636. The van der Waals surface area contributed by atoms with Gasteiger partial charge in [0.2, 0.25) is 0 Å². The topological polar surface area (TPSA) is 46.9 Å². The van der Waals surface area contributed by atoms with Gasteiger partial charge in [0, 0.05) is 24.3 Å². The predicted octanol–water partition coefficient (Wildman–Crippen LogP) is 2.16. The molecule has 0 saturated carbocycles. The van der Waals surface area contributed by atoms with Crippen molar-refractivity contribution < 1.29 is 4.79 Å². The van der Waals surface area contributed by atoms with Crippen molar-refractivity contribution in [3.05, 3.63) is 52.3 Å². The molecule has 0 radical (unpaired) electrons. The van der Waals surface area contributed by atoms with E-state index in [9.17, 15) is 4.79 Å². The van der Waals surface area contributed by atoms with Gasteiger partial charge >= 0.3 is 0 Å². The second kappa shape index (κ2) is 5.82. The SMILES string of the molecule is Cn1cc(CCNC(=O)c2ccccc2Br)cn1. The summed E-state index contributed by atoms with van der Waals surface area (Å²) < 4.78 is 2.56. The number of carbonyl (C=O) groups is 1. The molecule has 1 aromatic carbocycles. The minimum atomic E-state index is -0.0636. The molecule has 0 aliphatic rings. The highest BCUT2D eigenvalue weighted by Gasteiger charge is 2.08. The fourth-order valence-corrected chi connectivity index (χ4v) is 2.13. The van der Waals surface area contributed by atoms with Gasteiger partial charge in [-0.3, -0.25) is 9.48 Å². The Kier molecular flexibility index (Phi) is 4.15. The van der Waals surface area contributed by atoms with Crippen LogP contribution in [0.15, 0.2) is 41.1 Å². The van der Waals surface area contributed by atoms with Crippen LogP contribution in [-0.2, 0) is 13.5 Å². The molecule has 0 aliphatic heterocycles. The molecule has 1 heterocycles. The number of nitrogens with zero attached hydrogens (tertiary/aromatic N) is 2. The standard InChI is InChI=1S/C13H14BrN3O/c1-17-9-10(8-16-17)6-7-15-13(18)11-4-2-3-5-12(11)14/h2-5,8-9H,6-7H2,1H3,(H,15,18). The monoisotopic (exact) mass is 307 g/mol. The van der Waals surface area contributed by atoms with Crippen LogP contribution in [-0.4, -0.2) is 22.2 Å². The maximum absolute atomic E-state index is 11.9. The number of nitrogens with one attached hydrogen (secondary N) is 1. The largest absolute Gasteiger partial charge is 0.352 e. The lowest BCUT2D eigenvalue weighted by molar-refractivity contribution is 0.0953. The molecule has 2 aromatic rings. The first-order valence-corrected chi connectivity index (χ1v) is 6.46. The highest BCUT2D eigenvalue weighted by molar-refractivity contribution is 9.10. The molecule has 0 bridgehead atoms. The van der Waals surface area contributed by atoms with E-state index >= 15 is 0 Å². The molecule has 0 saturated heterocycles. The average molecular weight is 308 g/mol. The number of aromatic nitrogens is 2. The Bertz CT molecular complexity index is 551. The van der Waals surface area contributed by atoms with Crippen molar-refractivity contribution in [1.29, 1.82) is 0 Å². The number of amides is 1. The van der Waals surface area contributed by atoms with Gasteiger partial charge in [-0.2, -0.15) is 5.10 Å². The van der Waals surface area contributed by atoms with Crippen molar-refractivity contribution in [3.63, 3.8) is 0 Å². The second-order valence-corrected chi connectivity index (χ2v) is 4.86. The fourth-order valence-electron chi connectivity index (χ4n) is 1.66. The van der Waals surface area contributed by atoms with Crippen molar-refractivity contribution in [3.8, 4) is 0 Å². The van der Waals surface area contributed by atoms with Crippen molar-refractivity contribution >= 4 is 21.8 Å². The normalized spacial score (nSPS) is 10.3. The number of benzene rings is 1. The van der Waals surface area contributed by atoms with Gasteiger partial charge in [-0.05, 0) is 40.0 Å². The highest BCUT2D eigenvalue weighted by atomic mass is 79.9. The maximum Gasteiger partial charge on any atom is 0.252 e. The first-order valence-electron chi connectivity index (χ1n) is 5.67. The Morgan fingerprint density at radius 3 is 2.89 bits per heavy atom. The number of halogens is 1. The minimum Gasteiger partial charge on any atom is -0.352 e. The summed E-state index contributed by atoms with van der Waals surface area (Å²) >= 11 is 3.36. The summed E-state index contributed by atoms with van der Waals surface area (Å²) in [4.78, 5) is 11.9. The lowest BCUT2D eigenvalue weighted by Gasteiger charge is -2.05. The Hall–Kier alpha value is -1.62. The molecule has 4 nitrogen and oxygen atoms in total. The van der Waals surface area contributed by atoms with Gasteiger partial charge in [0.25, 0.3) is 5.91 Å². The van der Waals surface area contributed by atoms with E-state index in [0.717, 1.165) is 16.5 Å². The molecule has 1 aromatic heterocycles. The Labute approximate surface area is 114 Å². The van der Waals surface area contributed by atoms with Gasteiger partial charge in [0.15, 0.2) is 0 Å². The van der Waals surface area contributed by atoms with Gasteiger partial charge < -0.3 is 5.32 Å². The van der Waals surface area contributed by atoms with Crippen LogP contribution in [0.5, 0.6) is 0 Å². The van der Waals surface area contributed by atoms with Crippen LogP contribution in [0.4, 0.5) is 0 Å². The summed E-state index contributed by atoms with van der Waals surface area (Å²) in [5.74, 6) is -0.0636. The van der Waals surface area contributed by atoms with Gasteiger partial charge in [-0.25, -0.2) is 0 Å². The molecule has 5 heteroatoms.